The molecule has 1 rings (SSSR count). The van der Waals surface area contributed by atoms with E-state index >= 15 is 0 Å². The van der Waals surface area contributed by atoms with Gasteiger partial charge in [-0.25, -0.2) is 0 Å². The zero-order valence-corrected chi connectivity index (χ0v) is 19.1. The van der Waals surface area contributed by atoms with Crippen LogP contribution < -0.4 is 4.74 Å². The number of thioether (sulfide) groups is 1. The van der Waals surface area contributed by atoms with Crippen LogP contribution in [-0.4, -0.2) is 12.9 Å². The Hall–Kier alpha value is -1.48. The van der Waals surface area contributed by atoms with Gasteiger partial charge in [0.25, 0.3) is 0 Å². The maximum atomic E-state index is 11.1. The number of hydrogen-bond acceptors (Lipinski definition) is 3. The minimum Gasteiger partial charge on any atom is -0.497 e. The molecule has 0 saturated carbocycles. The minimum atomic E-state index is 0.296. The van der Waals surface area contributed by atoms with Crippen molar-refractivity contribution in [2.45, 2.75) is 73.6 Å². The summed E-state index contributed by atoms with van der Waals surface area (Å²) in [4.78, 5) is 13.7. The Kier molecular flexibility index (Phi) is 14.7. The molecule has 0 aliphatic heterocycles. The Bertz CT molecular complexity index is 602. The molecule has 0 N–H and O–H groups in total. The van der Waals surface area contributed by atoms with Gasteiger partial charge in [-0.05, 0) is 55.7 Å². The molecule has 1 unspecified atom stereocenters. The molecule has 0 saturated heterocycles. The van der Waals surface area contributed by atoms with E-state index in [1.165, 1.54) is 15.4 Å². The number of carbonyl (C=O) groups excluding carboxylic acids is 1. The number of carbonyl (C=O) groups is 1. The van der Waals surface area contributed by atoms with Crippen molar-refractivity contribution >= 4 is 22.5 Å². The van der Waals surface area contributed by atoms with E-state index in [2.05, 4.69) is 58.9 Å². The molecule has 0 radical (unpaired) electrons. The molecule has 0 aromatic heterocycles. The molecule has 0 fully saturated rings. The summed E-state index contributed by atoms with van der Waals surface area (Å²) in [5.74, 6) is 1.64. The Morgan fingerprint density at radius 3 is 2.44 bits per heavy atom. The first kappa shape index (κ1) is 25.5. The largest absolute Gasteiger partial charge is 0.497 e. The number of benzene rings is 1. The smallest absolute Gasteiger partial charge is 0.135 e. The predicted octanol–water partition coefficient (Wildman–Crippen LogP) is 7.89. The lowest BCUT2D eigenvalue weighted by molar-refractivity contribution is -0.122. The van der Waals surface area contributed by atoms with Crippen LogP contribution in [0.2, 0.25) is 0 Å². The van der Waals surface area contributed by atoms with Gasteiger partial charge >= 0.3 is 0 Å². The molecule has 0 spiro atoms. The second-order valence-corrected chi connectivity index (χ2v) is 7.90. The third-order valence-corrected chi connectivity index (χ3v) is 5.37. The van der Waals surface area contributed by atoms with Crippen LogP contribution in [0.1, 0.15) is 79.2 Å². The zero-order chi connectivity index (χ0) is 20.7. The molecule has 0 bridgehead atoms. The van der Waals surface area contributed by atoms with Crippen LogP contribution in [0.25, 0.3) is 4.91 Å². The lowest BCUT2D eigenvalue weighted by Crippen LogP contribution is -2.09. The van der Waals surface area contributed by atoms with Gasteiger partial charge in [-0.1, -0.05) is 70.2 Å². The van der Waals surface area contributed by atoms with Gasteiger partial charge in [-0.15, -0.1) is 0 Å². The molecule has 1 aromatic rings. The molecule has 3 heteroatoms. The van der Waals surface area contributed by atoms with Crippen molar-refractivity contribution in [1.29, 1.82) is 0 Å². The van der Waals surface area contributed by atoms with Crippen LogP contribution >= 0.6 is 11.8 Å². The van der Waals surface area contributed by atoms with Crippen LogP contribution in [0.15, 0.2) is 41.3 Å². The highest BCUT2D eigenvalue weighted by Gasteiger charge is 2.09. The zero-order valence-electron chi connectivity index (χ0n) is 18.3. The average molecular weight is 391 g/mol. The lowest BCUT2D eigenvalue weighted by atomic mass is 9.98. The maximum absolute atomic E-state index is 11.1. The molecular weight excluding hydrogens is 352 g/mol. The quantitative estimate of drug-likeness (QED) is 0.406. The highest BCUT2D eigenvalue weighted by atomic mass is 32.2. The second kappa shape index (κ2) is 15.6. The Balaban J connectivity index is 0.000000580. The Labute approximate surface area is 171 Å². The van der Waals surface area contributed by atoms with Crippen LogP contribution in [0, 0.1) is 5.92 Å². The van der Waals surface area contributed by atoms with E-state index in [0.717, 1.165) is 37.9 Å². The third-order valence-electron chi connectivity index (χ3n) is 4.19. The number of methoxy groups -OCH3 is 1. The number of Topliss-reactive ketones (excluding diaryl/α,β-unsaturated/α-hetero) is 1. The molecule has 1 aromatic carbocycles. The highest BCUT2D eigenvalue weighted by Crippen LogP contribution is 2.34. The molecule has 0 aliphatic rings. The fraction of sp³-hybridized carbons (Fsp3) is 0.542. The number of hydrogen-bond donors (Lipinski definition) is 0. The first-order valence-corrected chi connectivity index (χ1v) is 10.9. The number of ketones is 1. The summed E-state index contributed by atoms with van der Waals surface area (Å²) in [6.45, 7) is 12.6. The summed E-state index contributed by atoms with van der Waals surface area (Å²) in [6, 6.07) is 8.21. The highest BCUT2D eigenvalue weighted by molar-refractivity contribution is 8.11. The van der Waals surface area contributed by atoms with E-state index in [9.17, 15) is 4.79 Å². The normalized spacial score (nSPS) is 12.9. The number of rotatable bonds is 10. The summed E-state index contributed by atoms with van der Waals surface area (Å²) in [5, 5.41) is 0. The van der Waals surface area contributed by atoms with Gasteiger partial charge in [0.15, 0.2) is 0 Å². The van der Waals surface area contributed by atoms with Gasteiger partial charge < -0.3 is 4.74 Å². The first-order valence-electron chi connectivity index (χ1n) is 10.1. The second-order valence-electron chi connectivity index (χ2n) is 6.62. The molecule has 2 nitrogen and oxygen atoms in total. The number of allylic oxidation sites excluding steroid dienone is 3. The standard InChI is InChI=1S/C15H20OS.C9H18O/c1-5-8-15(17-12(3)6-2)13-9-7-10-14(11-13)16-4;1-4-6-8(3)9(10)7-5-2/h6-11H,5H2,1-4H3;8H,4-7H2,1-3H3/b12-6-,15-8+;. The summed E-state index contributed by atoms with van der Waals surface area (Å²) in [6.07, 6.45) is 9.36. The monoisotopic (exact) mass is 390 g/mol. The van der Waals surface area contributed by atoms with E-state index < -0.39 is 0 Å². The summed E-state index contributed by atoms with van der Waals surface area (Å²) >= 11 is 1.81. The van der Waals surface area contributed by atoms with Gasteiger partial charge in [-0.2, -0.15) is 0 Å². The third kappa shape index (κ3) is 11.1. The van der Waals surface area contributed by atoms with Gasteiger partial charge in [0.1, 0.15) is 11.5 Å². The van der Waals surface area contributed by atoms with E-state index in [4.69, 9.17) is 4.74 Å². The topological polar surface area (TPSA) is 26.3 Å². The summed E-state index contributed by atoms with van der Waals surface area (Å²) in [7, 11) is 1.70. The fourth-order valence-electron chi connectivity index (χ4n) is 2.50. The molecule has 0 heterocycles. The van der Waals surface area contributed by atoms with E-state index in [1.807, 2.05) is 30.8 Å². The number of ether oxygens (including phenoxy) is 1. The van der Waals surface area contributed by atoms with Crippen molar-refractivity contribution in [2.75, 3.05) is 7.11 Å². The van der Waals surface area contributed by atoms with Gasteiger partial charge in [-0.3, -0.25) is 4.79 Å². The first-order chi connectivity index (χ1) is 12.9. The average Bonchev–Trinajstić information content (AvgIpc) is 2.68. The van der Waals surface area contributed by atoms with Crippen molar-refractivity contribution in [3.63, 3.8) is 0 Å². The maximum Gasteiger partial charge on any atom is 0.135 e. The van der Waals surface area contributed by atoms with Crippen molar-refractivity contribution in [1.82, 2.24) is 0 Å². The molecule has 0 aliphatic carbocycles. The van der Waals surface area contributed by atoms with Crippen molar-refractivity contribution < 1.29 is 9.53 Å². The van der Waals surface area contributed by atoms with Crippen LogP contribution in [0.5, 0.6) is 5.75 Å². The van der Waals surface area contributed by atoms with Crippen molar-refractivity contribution in [3.05, 3.63) is 46.9 Å². The predicted molar refractivity (Wildman–Crippen MR) is 122 cm³/mol. The summed E-state index contributed by atoms with van der Waals surface area (Å²) in [5.41, 5.74) is 1.22. The summed E-state index contributed by atoms with van der Waals surface area (Å²) < 4.78 is 5.26. The molecule has 27 heavy (non-hydrogen) atoms. The van der Waals surface area contributed by atoms with Crippen LogP contribution in [-0.2, 0) is 4.79 Å². The van der Waals surface area contributed by atoms with Gasteiger partial charge in [0.05, 0.1) is 7.11 Å². The molecule has 1 atom stereocenters. The molecule has 0 amide bonds. The van der Waals surface area contributed by atoms with Crippen molar-refractivity contribution in [3.8, 4) is 5.75 Å². The Morgan fingerprint density at radius 1 is 1.22 bits per heavy atom. The van der Waals surface area contributed by atoms with E-state index in [0.29, 0.717) is 11.7 Å². The molecular formula is C24H38O2S. The van der Waals surface area contributed by atoms with E-state index in [-0.39, 0.29) is 0 Å². The SMILES string of the molecule is C/C=C(/C)S/C(=C/CC)c1cccc(OC)c1.CCCC(=O)C(C)CCC. The molecule has 152 valence electrons. The Morgan fingerprint density at radius 2 is 1.93 bits per heavy atom. The minimum absolute atomic E-state index is 0.296. The van der Waals surface area contributed by atoms with Crippen molar-refractivity contribution in [2.24, 2.45) is 5.92 Å². The van der Waals surface area contributed by atoms with Gasteiger partial charge in [0, 0.05) is 17.2 Å². The fourth-order valence-corrected chi connectivity index (χ4v) is 3.46. The van der Waals surface area contributed by atoms with Crippen LogP contribution in [0.3, 0.4) is 0 Å². The van der Waals surface area contributed by atoms with Gasteiger partial charge in [0.2, 0.25) is 0 Å². The van der Waals surface area contributed by atoms with E-state index in [1.54, 1.807) is 7.11 Å². The lowest BCUT2D eigenvalue weighted by Gasteiger charge is -2.09. The van der Waals surface area contributed by atoms with Crippen LogP contribution in [0.4, 0.5) is 0 Å².